The Kier molecular flexibility index (Phi) is 4.94. The molecule has 144 valence electrons. The molecule has 28 heavy (non-hydrogen) atoms. The Morgan fingerprint density at radius 1 is 1.14 bits per heavy atom. The van der Waals surface area contributed by atoms with Crippen LogP contribution in [0.1, 0.15) is 53.2 Å². The van der Waals surface area contributed by atoms with Gasteiger partial charge in [-0.2, -0.15) is 0 Å². The van der Waals surface area contributed by atoms with Gasteiger partial charge in [0.1, 0.15) is 11.1 Å². The molecule has 2 aromatic heterocycles. The zero-order valence-electron chi connectivity index (χ0n) is 15.5. The lowest BCUT2D eigenvalue weighted by atomic mass is 10.1. The molecule has 3 aromatic rings. The standard InChI is InChI=1S/C21H22N4OS2/c26-20(22-15-8-9-15)19(14-5-2-1-3-6-14)28-21-24-23-18(25(21)16-10-11-16)13-17-7-4-12-27-17/h1-7,12,15-16,19H,8-11,13H2,(H,22,26). The van der Waals surface area contributed by atoms with Crippen molar-refractivity contribution in [2.75, 3.05) is 0 Å². The molecule has 2 aliphatic rings. The van der Waals surface area contributed by atoms with Gasteiger partial charge in [0.15, 0.2) is 5.16 Å². The normalized spacial score (nSPS) is 17.4. The fraction of sp³-hybridized carbons (Fsp3) is 0.381. The summed E-state index contributed by atoms with van der Waals surface area (Å²) in [6.45, 7) is 0. The summed E-state index contributed by atoms with van der Waals surface area (Å²) in [6, 6.07) is 15.0. The molecule has 1 amide bonds. The summed E-state index contributed by atoms with van der Waals surface area (Å²) in [6.07, 6.45) is 5.29. The number of aromatic nitrogens is 3. The van der Waals surface area contributed by atoms with E-state index in [1.165, 1.54) is 16.6 Å². The highest BCUT2D eigenvalue weighted by atomic mass is 32.2. The van der Waals surface area contributed by atoms with Gasteiger partial charge in [0, 0.05) is 23.4 Å². The lowest BCUT2D eigenvalue weighted by Gasteiger charge is -2.17. The zero-order chi connectivity index (χ0) is 18.9. The molecule has 5 nitrogen and oxygen atoms in total. The average molecular weight is 411 g/mol. The maximum Gasteiger partial charge on any atom is 0.238 e. The number of hydrogen-bond acceptors (Lipinski definition) is 5. The van der Waals surface area contributed by atoms with E-state index in [0.29, 0.717) is 12.1 Å². The molecule has 2 heterocycles. The fourth-order valence-corrected chi connectivity index (χ4v) is 5.12. The minimum Gasteiger partial charge on any atom is -0.352 e. The Labute approximate surface area is 172 Å². The van der Waals surface area contributed by atoms with Crippen LogP contribution in [-0.4, -0.2) is 26.7 Å². The minimum absolute atomic E-state index is 0.0730. The third-order valence-electron chi connectivity index (χ3n) is 5.05. The molecule has 1 aromatic carbocycles. The van der Waals surface area contributed by atoms with Crippen molar-refractivity contribution in [3.05, 3.63) is 64.1 Å². The molecule has 0 saturated heterocycles. The fourth-order valence-electron chi connectivity index (χ4n) is 3.29. The van der Waals surface area contributed by atoms with Crippen LogP contribution in [0.15, 0.2) is 53.0 Å². The van der Waals surface area contributed by atoms with Gasteiger partial charge in [-0.1, -0.05) is 48.2 Å². The van der Waals surface area contributed by atoms with Gasteiger partial charge < -0.3 is 9.88 Å². The minimum atomic E-state index is -0.307. The second-order valence-electron chi connectivity index (χ2n) is 7.45. The Bertz CT molecular complexity index is 946. The topological polar surface area (TPSA) is 59.8 Å². The number of hydrogen-bond donors (Lipinski definition) is 1. The van der Waals surface area contributed by atoms with Gasteiger partial charge in [0.2, 0.25) is 5.91 Å². The first-order chi connectivity index (χ1) is 13.8. The molecule has 1 N–H and O–H groups in total. The van der Waals surface area contributed by atoms with Crippen LogP contribution in [0.5, 0.6) is 0 Å². The van der Waals surface area contributed by atoms with Gasteiger partial charge in [0.25, 0.3) is 0 Å². The van der Waals surface area contributed by atoms with Gasteiger partial charge in [-0.15, -0.1) is 21.5 Å². The highest BCUT2D eigenvalue weighted by molar-refractivity contribution is 8.00. The quantitative estimate of drug-likeness (QED) is 0.560. The van der Waals surface area contributed by atoms with E-state index in [4.69, 9.17) is 0 Å². The molecule has 7 heteroatoms. The smallest absolute Gasteiger partial charge is 0.238 e. The number of carbonyl (C=O) groups excluding carboxylic acids is 1. The van der Waals surface area contributed by atoms with E-state index in [9.17, 15) is 4.79 Å². The maximum atomic E-state index is 13.0. The number of thioether (sulfide) groups is 1. The molecule has 5 rings (SSSR count). The van der Waals surface area contributed by atoms with E-state index in [-0.39, 0.29) is 11.2 Å². The number of rotatable bonds is 8. The van der Waals surface area contributed by atoms with E-state index in [1.807, 2.05) is 30.3 Å². The third-order valence-corrected chi connectivity index (χ3v) is 7.13. The lowest BCUT2D eigenvalue weighted by Crippen LogP contribution is -2.30. The van der Waals surface area contributed by atoms with E-state index >= 15 is 0 Å². The first-order valence-corrected chi connectivity index (χ1v) is 11.5. The highest BCUT2D eigenvalue weighted by Gasteiger charge is 2.34. The first kappa shape index (κ1) is 17.9. The highest BCUT2D eigenvalue weighted by Crippen LogP contribution is 2.43. The molecule has 2 fully saturated rings. The summed E-state index contributed by atoms with van der Waals surface area (Å²) in [5.74, 6) is 1.07. The Morgan fingerprint density at radius 3 is 2.64 bits per heavy atom. The lowest BCUT2D eigenvalue weighted by molar-refractivity contribution is -0.120. The summed E-state index contributed by atoms with van der Waals surface area (Å²) < 4.78 is 2.27. The molecular weight excluding hydrogens is 388 g/mol. The van der Waals surface area contributed by atoms with Crippen molar-refractivity contribution in [2.45, 2.75) is 54.6 Å². The van der Waals surface area contributed by atoms with Crippen LogP contribution < -0.4 is 5.32 Å². The molecule has 0 bridgehead atoms. The summed E-state index contributed by atoms with van der Waals surface area (Å²) >= 11 is 3.27. The zero-order valence-corrected chi connectivity index (χ0v) is 17.1. The first-order valence-electron chi connectivity index (χ1n) is 9.76. The van der Waals surface area contributed by atoms with E-state index in [1.54, 1.807) is 11.3 Å². The number of benzene rings is 1. The van der Waals surface area contributed by atoms with Crippen LogP contribution in [-0.2, 0) is 11.2 Å². The van der Waals surface area contributed by atoms with Crippen molar-refractivity contribution in [3.63, 3.8) is 0 Å². The summed E-state index contributed by atoms with van der Waals surface area (Å²) in [7, 11) is 0. The number of nitrogens with one attached hydrogen (secondary N) is 1. The predicted molar refractivity (Wildman–Crippen MR) is 112 cm³/mol. The largest absolute Gasteiger partial charge is 0.352 e. The molecule has 2 saturated carbocycles. The van der Waals surface area contributed by atoms with E-state index < -0.39 is 0 Å². The predicted octanol–water partition coefficient (Wildman–Crippen LogP) is 4.38. The van der Waals surface area contributed by atoms with Crippen LogP contribution in [0.3, 0.4) is 0 Å². The van der Waals surface area contributed by atoms with Crippen molar-refractivity contribution in [1.82, 2.24) is 20.1 Å². The van der Waals surface area contributed by atoms with Gasteiger partial charge >= 0.3 is 0 Å². The number of nitrogens with zero attached hydrogens (tertiary/aromatic N) is 3. The van der Waals surface area contributed by atoms with E-state index in [2.05, 4.69) is 37.6 Å². The van der Waals surface area contributed by atoms with E-state index in [0.717, 1.165) is 48.6 Å². The molecule has 1 atom stereocenters. The second-order valence-corrected chi connectivity index (χ2v) is 9.55. The SMILES string of the molecule is O=C(NC1CC1)C(Sc1nnc(Cc2cccs2)n1C1CC1)c1ccccc1. The molecule has 1 unspecified atom stereocenters. The van der Waals surface area contributed by atoms with Gasteiger partial charge in [-0.05, 0) is 42.7 Å². The van der Waals surface area contributed by atoms with Gasteiger partial charge in [-0.3, -0.25) is 4.79 Å². The van der Waals surface area contributed by atoms with Crippen LogP contribution in [0, 0.1) is 0 Å². The molecule has 0 radical (unpaired) electrons. The van der Waals surface area contributed by atoms with Crippen LogP contribution in [0.25, 0.3) is 0 Å². The Morgan fingerprint density at radius 2 is 1.96 bits per heavy atom. The molecule has 0 spiro atoms. The molecule has 2 aliphatic carbocycles. The number of amides is 1. The van der Waals surface area contributed by atoms with Gasteiger partial charge in [0.05, 0.1) is 0 Å². The van der Waals surface area contributed by atoms with Crippen molar-refractivity contribution in [2.24, 2.45) is 0 Å². The summed E-state index contributed by atoms with van der Waals surface area (Å²) in [5.41, 5.74) is 1.01. The summed E-state index contributed by atoms with van der Waals surface area (Å²) in [4.78, 5) is 14.3. The monoisotopic (exact) mass is 410 g/mol. The molecular formula is C21H22N4OS2. The average Bonchev–Trinajstić information content (AvgIpc) is 3.63. The maximum absolute atomic E-state index is 13.0. The van der Waals surface area contributed by atoms with Crippen LogP contribution in [0.2, 0.25) is 0 Å². The third kappa shape index (κ3) is 4.00. The van der Waals surface area contributed by atoms with Crippen LogP contribution >= 0.6 is 23.1 Å². The molecule has 0 aliphatic heterocycles. The number of carbonyl (C=O) groups is 1. The van der Waals surface area contributed by atoms with Crippen molar-refractivity contribution >= 4 is 29.0 Å². The van der Waals surface area contributed by atoms with Crippen LogP contribution in [0.4, 0.5) is 0 Å². The van der Waals surface area contributed by atoms with Gasteiger partial charge in [-0.25, -0.2) is 0 Å². The van der Waals surface area contributed by atoms with Crippen molar-refractivity contribution in [1.29, 1.82) is 0 Å². The number of thiophene rings is 1. The Balaban J connectivity index is 1.43. The second kappa shape index (κ2) is 7.72. The summed E-state index contributed by atoms with van der Waals surface area (Å²) in [5, 5.41) is 14.8. The van der Waals surface area contributed by atoms with Crippen molar-refractivity contribution in [3.8, 4) is 0 Å². The van der Waals surface area contributed by atoms with Crippen molar-refractivity contribution < 1.29 is 4.79 Å². The Hall–Kier alpha value is -2.12.